The Morgan fingerprint density at radius 3 is 1.89 bits per heavy atom. The Hall–Kier alpha value is -0.570. The predicted molar refractivity (Wildman–Crippen MR) is 118 cm³/mol. The lowest BCUT2D eigenvalue weighted by molar-refractivity contribution is -0.126. The summed E-state index contributed by atoms with van der Waals surface area (Å²) >= 11 is 0. The molecule has 2 N–H and O–H groups in total. The molecule has 0 radical (unpaired) electrons. The van der Waals surface area contributed by atoms with Crippen molar-refractivity contribution < 1.29 is 4.79 Å². The van der Waals surface area contributed by atoms with E-state index in [1.807, 2.05) is 0 Å². The van der Waals surface area contributed by atoms with E-state index < -0.39 is 0 Å². The van der Waals surface area contributed by atoms with Gasteiger partial charge >= 0.3 is 0 Å². The minimum Gasteiger partial charge on any atom is -0.356 e. The second-order valence-corrected chi connectivity index (χ2v) is 11.6. The van der Waals surface area contributed by atoms with Crippen molar-refractivity contribution >= 4 is 5.91 Å². The lowest BCUT2D eigenvalue weighted by Crippen LogP contribution is -2.48. The molecule has 3 heteroatoms. The molecule has 3 rings (SSSR count). The molecule has 1 unspecified atom stereocenters. The van der Waals surface area contributed by atoms with Crippen LogP contribution in [0.4, 0.5) is 0 Å². The molecule has 0 spiro atoms. The largest absolute Gasteiger partial charge is 0.356 e. The molecular weight excluding hydrogens is 344 g/mol. The van der Waals surface area contributed by atoms with Gasteiger partial charge in [0.2, 0.25) is 5.91 Å². The van der Waals surface area contributed by atoms with Gasteiger partial charge in [-0.3, -0.25) is 4.79 Å². The minimum atomic E-state index is -0.109. The number of rotatable bonds is 6. The molecule has 3 nitrogen and oxygen atoms in total. The molecule has 1 aliphatic heterocycles. The normalized spacial score (nSPS) is 37.5. The molecule has 0 aromatic carbocycles. The van der Waals surface area contributed by atoms with Gasteiger partial charge in [-0.15, -0.1) is 0 Å². The monoisotopic (exact) mass is 390 g/mol. The van der Waals surface area contributed by atoms with Gasteiger partial charge in [0.15, 0.2) is 0 Å². The van der Waals surface area contributed by atoms with E-state index in [-0.39, 0.29) is 22.9 Å². The summed E-state index contributed by atoms with van der Waals surface area (Å²) in [6, 6.07) is 0. The van der Waals surface area contributed by atoms with Gasteiger partial charge in [-0.25, -0.2) is 0 Å². The van der Waals surface area contributed by atoms with E-state index in [0.29, 0.717) is 5.92 Å². The lowest BCUT2D eigenvalue weighted by Gasteiger charge is -2.38. The Bertz CT molecular complexity index is 511. The Kier molecular flexibility index (Phi) is 7.16. The summed E-state index contributed by atoms with van der Waals surface area (Å²) in [4.78, 5) is 12.8. The highest BCUT2D eigenvalue weighted by atomic mass is 16.2. The van der Waals surface area contributed by atoms with Crippen LogP contribution in [-0.4, -0.2) is 23.5 Å². The molecule has 3 aliphatic rings. The molecule has 3 fully saturated rings. The van der Waals surface area contributed by atoms with Crippen molar-refractivity contribution in [2.24, 2.45) is 29.6 Å². The van der Waals surface area contributed by atoms with Crippen molar-refractivity contribution in [3.63, 3.8) is 0 Å². The van der Waals surface area contributed by atoms with Gasteiger partial charge in [0.1, 0.15) is 0 Å². The summed E-state index contributed by atoms with van der Waals surface area (Å²) in [5.41, 5.74) is -0.0540. The van der Waals surface area contributed by atoms with E-state index in [1.165, 1.54) is 64.2 Å². The number of hydrogen-bond acceptors (Lipinski definition) is 2. The first-order chi connectivity index (χ1) is 13.2. The summed E-state index contributed by atoms with van der Waals surface area (Å²) in [5, 5.41) is 6.95. The fourth-order valence-electron chi connectivity index (χ4n) is 6.78. The molecule has 0 aromatic heterocycles. The third kappa shape index (κ3) is 5.52. The van der Waals surface area contributed by atoms with Gasteiger partial charge in [-0.1, -0.05) is 32.6 Å². The van der Waals surface area contributed by atoms with Crippen molar-refractivity contribution in [2.45, 2.75) is 116 Å². The molecule has 2 aliphatic carbocycles. The maximum Gasteiger partial charge on any atom is 0.225 e. The zero-order valence-electron chi connectivity index (χ0n) is 19.3. The maximum atomic E-state index is 12.8. The van der Waals surface area contributed by atoms with Crippen LogP contribution in [-0.2, 0) is 4.79 Å². The average molecular weight is 391 g/mol. The van der Waals surface area contributed by atoms with Crippen LogP contribution in [0.25, 0.3) is 0 Å². The van der Waals surface area contributed by atoms with Crippen LogP contribution in [0, 0.1) is 29.6 Å². The van der Waals surface area contributed by atoms with Crippen LogP contribution >= 0.6 is 0 Å². The first-order valence-electron chi connectivity index (χ1n) is 12.3. The van der Waals surface area contributed by atoms with Crippen LogP contribution in [0.2, 0.25) is 0 Å². The summed E-state index contributed by atoms with van der Waals surface area (Å²) in [6.45, 7) is 12.0. The highest BCUT2D eigenvalue weighted by Crippen LogP contribution is 2.42. The molecule has 1 heterocycles. The predicted octanol–water partition coefficient (Wildman–Crippen LogP) is 5.68. The van der Waals surface area contributed by atoms with Crippen LogP contribution in [0.1, 0.15) is 105 Å². The number of nitrogens with one attached hydrogen (secondary N) is 2. The zero-order chi connectivity index (χ0) is 20.4. The summed E-state index contributed by atoms with van der Waals surface area (Å²) in [5.74, 6) is 4.02. The molecular formula is C25H46N2O. The van der Waals surface area contributed by atoms with Crippen LogP contribution in [0.5, 0.6) is 0 Å². The number of amides is 1. The number of hydrogen-bond donors (Lipinski definition) is 2. The van der Waals surface area contributed by atoms with Gasteiger partial charge in [0.25, 0.3) is 0 Å². The molecule has 0 aromatic rings. The highest BCUT2D eigenvalue weighted by molar-refractivity contribution is 5.80. The topological polar surface area (TPSA) is 41.1 Å². The molecule has 1 atom stereocenters. The van der Waals surface area contributed by atoms with Gasteiger partial charge in [-0.05, 0) is 96.3 Å². The van der Waals surface area contributed by atoms with E-state index in [1.54, 1.807) is 0 Å². The van der Waals surface area contributed by atoms with Crippen molar-refractivity contribution in [2.75, 3.05) is 6.54 Å². The second-order valence-electron chi connectivity index (χ2n) is 11.6. The van der Waals surface area contributed by atoms with Gasteiger partial charge in [-0.2, -0.15) is 0 Å². The molecule has 2 saturated carbocycles. The third-order valence-electron chi connectivity index (χ3n) is 8.27. The van der Waals surface area contributed by atoms with E-state index >= 15 is 0 Å². The molecule has 28 heavy (non-hydrogen) atoms. The van der Waals surface area contributed by atoms with Crippen LogP contribution in [0.3, 0.4) is 0 Å². The van der Waals surface area contributed by atoms with E-state index in [4.69, 9.17) is 0 Å². The minimum absolute atomic E-state index is 0.0553. The zero-order valence-corrected chi connectivity index (χ0v) is 19.3. The van der Waals surface area contributed by atoms with Gasteiger partial charge in [0.05, 0.1) is 5.92 Å². The van der Waals surface area contributed by atoms with Crippen molar-refractivity contribution in [3.05, 3.63) is 0 Å². The SMILES string of the molecule is CCCC1CCC(C2CCC(CNC(=O)C3CC(C)(C)NC3(C)C)CC2)CC1. The van der Waals surface area contributed by atoms with Crippen molar-refractivity contribution in [1.82, 2.24) is 10.6 Å². The third-order valence-corrected chi connectivity index (χ3v) is 8.27. The lowest BCUT2D eigenvalue weighted by atomic mass is 9.68. The quantitative estimate of drug-likeness (QED) is 0.612. The smallest absolute Gasteiger partial charge is 0.225 e. The Balaban J connectivity index is 1.38. The Morgan fingerprint density at radius 2 is 1.43 bits per heavy atom. The first kappa shape index (κ1) is 22.1. The number of carbonyl (C=O) groups excluding carboxylic acids is 1. The van der Waals surface area contributed by atoms with E-state index in [2.05, 4.69) is 45.3 Å². The fraction of sp³-hybridized carbons (Fsp3) is 0.960. The van der Waals surface area contributed by atoms with Gasteiger partial charge in [0, 0.05) is 17.6 Å². The van der Waals surface area contributed by atoms with E-state index in [0.717, 1.165) is 30.7 Å². The maximum absolute atomic E-state index is 12.8. The van der Waals surface area contributed by atoms with Crippen LogP contribution < -0.4 is 10.6 Å². The summed E-state index contributed by atoms with van der Waals surface area (Å²) < 4.78 is 0. The van der Waals surface area contributed by atoms with Crippen molar-refractivity contribution in [3.8, 4) is 0 Å². The molecule has 162 valence electrons. The number of carbonyl (C=O) groups is 1. The Labute approximate surface area is 174 Å². The second kappa shape index (κ2) is 9.06. The fourth-order valence-corrected chi connectivity index (χ4v) is 6.78. The summed E-state index contributed by atoms with van der Waals surface area (Å²) in [7, 11) is 0. The highest BCUT2D eigenvalue weighted by Gasteiger charge is 2.47. The van der Waals surface area contributed by atoms with Crippen LogP contribution in [0.15, 0.2) is 0 Å². The van der Waals surface area contributed by atoms with Crippen molar-refractivity contribution in [1.29, 1.82) is 0 Å². The first-order valence-corrected chi connectivity index (χ1v) is 12.3. The van der Waals surface area contributed by atoms with E-state index in [9.17, 15) is 4.79 Å². The summed E-state index contributed by atoms with van der Waals surface area (Å²) in [6.07, 6.45) is 15.1. The molecule has 1 amide bonds. The molecule has 1 saturated heterocycles. The van der Waals surface area contributed by atoms with Gasteiger partial charge < -0.3 is 10.6 Å². The standard InChI is InChI=1S/C25H46N2O/c1-6-7-18-8-12-20(13-9-18)21-14-10-19(11-15-21)17-26-23(28)22-16-24(2,3)27-25(22,4)5/h18-22,27H,6-17H2,1-5H3,(H,26,28). The molecule has 0 bridgehead atoms. The Morgan fingerprint density at radius 1 is 0.893 bits per heavy atom. The average Bonchev–Trinajstić information content (AvgIpc) is 2.88.